The number of aliphatic imine (C=N–C) groups is 1. The van der Waals surface area contributed by atoms with Gasteiger partial charge in [0.25, 0.3) is 6.02 Å². The van der Waals surface area contributed by atoms with Gasteiger partial charge in [-0.3, -0.25) is 4.79 Å². The summed E-state index contributed by atoms with van der Waals surface area (Å²) in [4.78, 5) is 18.3. The Morgan fingerprint density at radius 3 is 2.79 bits per heavy atom. The van der Waals surface area contributed by atoms with Crippen LogP contribution >= 0.6 is 0 Å². The summed E-state index contributed by atoms with van der Waals surface area (Å²) in [5, 5.41) is 3.39. The Morgan fingerprint density at radius 2 is 2.08 bits per heavy atom. The maximum absolute atomic E-state index is 11.6. The van der Waals surface area contributed by atoms with E-state index in [1.165, 1.54) is 5.56 Å². The zero-order chi connectivity index (χ0) is 16.8. The number of rotatable bonds is 5. The lowest BCUT2D eigenvalue weighted by atomic mass is 10.0. The SMILES string of the molecule is CCOC(=O)CN=C1OCC(c2ccccc2)N1C1CCNCC1. The van der Waals surface area contributed by atoms with Crippen molar-refractivity contribution >= 4 is 12.0 Å². The van der Waals surface area contributed by atoms with E-state index in [0.29, 0.717) is 25.3 Å². The van der Waals surface area contributed by atoms with Gasteiger partial charge >= 0.3 is 5.97 Å². The Balaban J connectivity index is 1.80. The van der Waals surface area contributed by atoms with Crippen LogP contribution < -0.4 is 5.32 Å². The molecule has 1 aromatic carbocycles. The zero-order valence-corrected chi connectivity index (χ0v) is 14.1. The monoisotopic (exact) mass is 331 g/mol. The lowest BCUT2D eigenvalue weighted by molar-refractivity contribution is -0.141. The number of carbonyl (C=O) groups excluding carboxylic acids is 1. The lowest BCUT2D eigenvalue weighted by Gasteiger charge is -2.35. The van der Waals surface area contributed by atoms with E-state index in [1.807, 2.05) is 18.2 Å². The van der Waals surface area contributed by atoms with Crippen LogP contribution in [0.25, 0.3) is 0 Å². The number of carbonyl (C=O) groups is 1. The van der Waals surface area contributed by atoms with Crippen molar-refractivity contribution in [1.29, 1.82) is 0 Å². The summed E-state index contributed by atoms with van der Waals surface area (Å²) in [7, 11) is 0. The molecule has 0 aliphatic carbocycles. The fourth-order valence-corrected chi connectivity index (χ4v) is 3.34. The predicted octanol–water partition coefficient (Wildman–Crippen LogP) is 1.73. The van der Waals surface area contributed by atoms with Crippen LogP contribution in [0, 0.1) is 0 Å². The number of benzene rings is 1. The smallest absolute Gasteiger partial charge is 0.327 e. The van der Waals surface area contributed by atoms with E-state index in [1.54, 1.807) is 6.92 Å². The maximum atomic E-state index is 11.6. The standard InChI is InChI=1S/C18H25N3O3/c1-2-23-17(22)12-20-18-21(15-8-10-19-11-9-15)16(13-24-18)14-6-4-3-5-7-14/h3-7,15-16,19H,2,8-13H2,1H3. The van der Waals surface area contributed by atoms with Gasteiger partial charge < -0.3 is 19.7 Å². The third kappa shape index (κ3) is 3.87. The van der Waals surface area contributed by atoms with Gasteiger partial charge in [-0.2, -0.15) is 0 Å². The number of nitrogens with one attached hydrogen (secondary N) is 1. The van der Waals surface area contributed by atoms with Gasteiger partial charge in [-0.05, 0) is 38.4 Å². The zero-order valence-electron chi connectivity index (χ0n) is 14.1. The molecule has 3 rings (SSSR count). The van der Waals surface area contributed by atoms with Crippen molar-refractivity contribution in [1.82, 2.24) is 10.2 Å². The summed E-state index contributed by atoms with van der Waals surface area (Å²) in [6, 6.07) is 11.4. The van der Waals surface area contributed by atoms with E-state index in [-0.39, 0.29) is 18.6 Å². The number of hydrogen-bond acceptors (Lipinski definition) is 5. The van der Waals surface area contributed by atoms with Gasteiger partial charge in [-0.15, -0.1) is 0 Å². The van der Waals surface area contributed by atoms with E-state index in [2.05, 4.69) is 27.3 Å². The Morgan fingerprint density at radius 1 is 1.33 bits per heavy atom. The fraction of sp³-hybridized carbons (Fsp3) is 0.556. The molecule has 24 heavy (non-hydrogen) atoms. The molecule has 0 bridgehead atoms. The summed E-state index contributed by atoms with van der Waals surface area (Å²) < 4.78 is 10.8. The number of hydrogen-bond donors (Lipinski definition) is 1. The molecule has 2 fully saturated rings. The van der Waals surface area contributed by atoms with Gasteiger partial charge in [0.1, 0.15) is 13.2 Å². The van der Waals surface area contributed by atoms with Gasteiger partial charge in [-0.1, -0.05) is 30.3 Å². The molecule has 6 nitrogen and oxygen atoms in total. The van der Waals surface area contributed by atoms with Crippen LogP contribution in [0.2, 0.25) is 0 Å². The first-order valence-corrected chi connectivity index (χ1v) is 8.66. The Labute approximate surface area is 142 Å². The lowest BCUT2D eigenvalue weighted by Crippen LogP contribution is -2.45. The Hall–Kier alpha value is -2.08. The van der Waals surface area contributed by atoms with Crippen LogP contribution in [0.5, 0.6) is 0 Å². The van der Waals surface area contributed by atoms with Gasteiger partial charge in [0, 0.05) is 6.04 Å². The second-order valence-corrected chi connectivity index (χ2v) is 6.03. The summed E-state index contributed by atoms with van der Waals surface area (Å²) in [5.74, 6) is -0.318. The van der Waals surface area contributed by atoms with E-state index < -0.39 is 0 Å². The average molecular weight is 331 g/mol. The van der Waals surface area contributed by atoms with Gasteiger partial charge in [0.15, 0.2) is 0 Å². The number of amidine groups is 1. The minimum Gasteiger partial charge on any atom is -0.465 e. The van der Waals surface area contributed by atoms with E-state index in [4.69, 9.17) is 9.47 Å². The largest absolute Gasteiger partial charge is 0.465 e. The molecule has 0 amide bonds. The molecule has 0 radical (unpaired) electrons. The quantitative estimate of drug-likeness (QED) is 0.833. The molecule has 1 N–H and O–H groups in total. The van der Waals surface area contributed by atoms with Gasteiger partial charge in [0.2, 0.25) is 0 Å². The first kappa shape index (κ1) is 16.8. The predicted molar refractivity (Wildman–Crippen MR) is 91.8 cm³/mol. The van der Waals surface area contributed by atoms with Crippen LogP contribution in [-0.4, -0.2) is 55.8 Å². The highest BCUT2D eigenvalue weighted by molar-refractivity contribution is 5.80. The normalized spacial score (nSPS) is 23.3. The summed E-state index contributed by atoms with van der Waals surface area (Å²) in [5.41, 5.74) is 1.22. The first-order valence-electron chi connectivity index (χ1n) is 8.66. The van der Waals surface area contributed by atoms with Crippen molar-refractivity contribution in [3.63, 3.8) is 0 Å². The molecular formula is C18H25N3O3. The Bertz CT molecular complexity index is 570. The molecule has 1 unspecified atom stereocenters. The number of piperidine rings is 1. The molecule has 2 aliphatic rings. The molecular weight excluding hydrogens is 306 g/mol. The minimum absolute atomic E-state index is 0.00610. The van der Waals surface area contributed by atoms with Crippen molar-refractivity contribution < 1.29 is 14.3 Å². The summed E-state index contributed by atoms with van der Waals surface area (Å²) in [6.07, 6.45) is 2.09. The number of ether oxygens (including phenoxy) is 2. The summed E-state index contributed by atoms with van der Waals surface area (Å²) >= 11 is 0. The molecule has 0 aromatic heterocycles. The van der Waals surface area contributed by atoms with E-state index in [0.717, 1.165) is 25.9 Å². The molecule has 6 heteroatoms. The van der Waals surface area contributed by atoms with Crippen molar-refractivity contribution in [2.24, 2.45) is 4.99 Å². The van der Waals surface area contributed by atoms with E-state index in [9.17, 15) is 4.79 Å². The minimum atomic E-state index is -0.318. The molecule has 2 aliphatic heterocycles. The topological polar surface area (TPSA) is 63.2 Å². The van der Waals surface area contributed by atoms with E-state index >= 15 is 0 Å². The highest BCUT2D eigenvalue weighted by Gasteiger charge is 2.37. The molecule has 130 valence electrons. The molecule has 2 saturated heterocycles. The summed E-state index contributed by atoms with van der Waals surface area (Å²) in [6.45, 7) is 4.72. The van der Waals surface area contributed by atoms with Gasteiger partial charge in [-0.25, -0.2) is 4.99 Å². The van der Waals surface area contributed by atoms with Crippen LogP contribution in [0.4, 0.5) is 0 Å². The third-order valence-electron chi connectivity index (χ3n) is 4.46. The van der Waals surface area contributed by atoms with Crippen LogP contribution in [0.15, 0.2) is 35.3 Å². The Kier molecular flexibility index (Phi) is 5.69. The third-order valence-corrected chi connectivity index (χ3v) is 4.46. The number of nitrogens with zero attached hydrogens (tertiary/aromatic N) is 2. The van der Waals surface area contributed by atoms with Crippen molar-refractivity contribution in [2.45, 2.75) is 31.8 Å². The molecule has 1 atom stereocenters. The highest BCUT2D eigenvalue weighted by Crippen LogP contribution is 2.32. The van der Waals surface area contributed by atoms with Gasteiger partial charge in [0.05, 0.1) is 12.6 Å². The maximum Gasteiger partial charge on any atom is 0.327 e. The molecule has 0 saturated carbocycles. The van der Waals surface area contributed by atoms with Crippen LogP contribution in [0.3, 0.4) is 0 Å². The second-order valence-electron chi connectivity index (χ2n) is 6.03. The average Bonchev–Trinajstić information content (AvgIpc) is 3.06. The van der Waals surface area contributed by atoms with Crippen molar-refractivity contribution in [3.8, 4) is 0 Å². The molecule has 1 aromatic rings. The molecule has 0 spiro atoms. The van der Waals surface area contributed by atoms with Crippen LogP contribution in [0.1, 0.15) is 31.4 Å². The highest BCUT2D eigenvalue weighted by atomic mass is 16.5. The first-order chi connectivity index (χ1) is 11.8. The van der Waals surface area contributed by atoms with Crippen molar-refractivity contribution in [3.05, 3.63) is 35.9 Å². The fourth-order valence-electron chi connectivity index (χ4n) is 3.34. The number of esters is 1. The molecule has 2 heterocycles. The van der Waals surface area contributed by atoms with Crippen molar-refractivity contribution in [2.75, 3.05) is 32.8 Å². The van der Waals surface area contributed by atoms with Crippen LogP contribution in [-0.2, 0) is 14.3 Å². The second kappa shape index (κ2) is 8.15.